The maximum atomic E-state index is 12.3. The van der Waals surface area contributed by atoms with Crippen LogP contribution in [-0.2, 0) is 17.6 Å². The van der Waals surface area contributed by atoms with Gasteiger partial charge in [-0.2, -0.15) is 4.68 Å². The Morgan fingerprint density at radius 3 is 2.52 bits per heavy atom. The molecule has 0 bridgehead atoms. The molecule has 1 unspecified atom stereocenters. The monoisotopic (exact) mass is 584 g/mol. The predicted molar refractivity (Wildman–Crippen MR) is 164 cm³/mol. The number of amides is 1. The van der Waals surface area contributed by atoms with Crippen LogP contribution in [0.25, 0.3) is 16.9 Å². The highest BCUT2D eigenvalue weighted by atomic mass is 35.5. The van der Waals surface area contributed by atoms with Crippen LogP contribution in [0.1, 0.15) is 37.5 Å². The lowest BCUT2D eigenvalue weighted by Crippen LogP contribution is -2.56. The summed E-state index contributed by atoms with van der Waals surface area (Å²) in [5.74, 6) is 1.42. The van der Waals surface area contributed by atoms with Crippen LogP contribution >= 0.6 is 11.6 Å². The largest absolute Gasteiger partial charge is 0.355 e. The molecule has 216 valence electrons. The molecular formula is C31H33ClN8O2. The molecule has 0 spiro atoms. The van der Waals surface area contributed by atoms with Crippen LogP contribution in [0.4, 0.5) is 11.5 Å². The van der Waals surface area contributed by atoms with Crippen molar-refractivity contribution >= 4 is 45.9 Å². The van der Waals surface area contributed by atoms with E-state index in [2.05, 4.69) is 47.8 Å². The van der Waals surface area contributed by atoms with E-state index in [0.717, 1.165) is 40.7 Å². The molecule has 10 nitrogen and oxygen atoms in total. The first-order chi connectivity index (χ1) is 20.4. The first-order valence-electron chi connectivity index (χ1n) is 14.2. The standard InChI is InChI=1S/C31H33ClN8O2/c1-5-20-11-10-12-21(6-2)27(20)39-29-22(17-23(32)30(33-29)40-25-14-9-8-13-24(25)35-36-40)28(34-31(39)42)38-16-15-37(18-19(38)4)26(41)7-3/h7-14,17,19,31,42H,3,5-6,15-16,18H2,1-2,4H3/t19-,31?/m0/s1. The number of nitrogens with zero attached hydrogens (tertiary/aromatic N) is 8. The second-order valence-electron chi connectivity index (χ2n) is 10.5. The predicted octanol–water partition coefficient (Wildman–Crippen LogP) is 4.49. The first kappa shape index (κ1) is 27.9. The topological polar surface area (TPSA) is 103 Å². The number of aromatic nitrogens is 4. The average molecular weight is 585 g/mol. The van der Waals surface area contributed by atoms with Gasteiger partial charge in [-0.1, -0.05) is 67.6 Å². The van der Waals surface area contributed by atoms with Gasteiger partial charge in [0, 0.05) is 25.7 Å². The maximum Gasteiger partial charge on any atom is 0.246 e. The van der Waals surface area contributed by atoms with E-state index in [1.54, 1.807) is 14.5 Å². The van der Waals surface area contributed by atoms with Crippen molar-refractivity contribution in [3.05, 3.63) is 82.9 Å². The number of halogens is 1. The third kappa shape index (κ3) is 4.60. The minimum Gasteiger partial charge on any atom is -0.355 e. The van der Waals surface area contributed by atoms with Crippen LogP contribution in [0.5, 0.6) is 0 Å². The van der Waals surface area contributed by atoms with Crippen molar-refractivity contribution in [3.63, 3.8) is 0 Å². The molecule has 2 atom stereocenters. The molecule has 2 aliphatic rings. The number of aliphatic imine (C=N–C) groups is 1. The van der Waals surface area contributed by atoms with Crippen molar-refractivity contribution in [2.45, 2.75) is 46.0 Å². The van der Waals surface area contributed by atoms with E-state index in [4.69, 9.17) is 21.6 Å². The number of carbonyl (C=O) groups excluding carboxylic acids is 1. The molecule has 1 amide bonds. The SMILES string of the molecule is C=CC(=O)N1CCN(C2=NC(O)N(c3c(CC)cccc3CC)c3nc(-n4nnc5ccccc54)c(Cl)cc32)[C@@H](C)C1. The number of pyridine rings is 1. The molecule has 1 N–H and O–H groups in total. The quantitative estimate of drug-likeness (QED) is 0.345. The second-order valence-corrected chi connectivity index (χ2v) is 10.9. The molecule has 2 aliphatic heterocycles. The van der Waals surface area contributed by atoms with E-state index in [9.17, 15) is 9.90 Å². The van der Waals surface area contributed by atoms with Crippen molar-refractivity contribution < 1.29 is 9.90 Å². The maximum absolute atomic E-state index is 12.3. The average Bonchev–Trinajstić information content (AvgIpc) is 3.44. The third-order valence-electron chi connectivity index (χ3n) is 8.02. The summed E-state index contributed by atoms with van der Waals surface area (Å²) in [4.78, 5) is 28.0. The van der Waals surface area contributed by atoms with Gasteiger partial charge in [-0.25, -0.2) is 9.98 Å². The summed E-state index contributed by atoms with van der Waals surface area (Å²) >= 11 is 6.95. The van der Waals surface area contributed by atoms with Gasteiger partial charge in [-0.15, -0.1) is 5.10 Å². The number of benzene rings is 2. The Morgan fingerprint density at radius 2 is 1.83 bits per heavy atom. The number of amidine groups is 1. The van der Waals surface area contributed by atoms with Crippen molar-refractivity contribution in [1.82, 2.24) is 29.8 Å². The van der Waals surface area contributed by atoms with Crippen molar-refractivity contribution in [3.8, 4) is 5.82 Å². The molecule has 4 aromatic rings. The number of hydrogen-bond donors (Lipinski definition) is 1. The van der Waals surface area contributed by atoms with Gasteiger partial charge in [-0.3, -0.25) is 9.69 Å². The van der Waals surface area contributed by atoms with Gasteiger partial charge in [0.2, 0.25) is 12.3 Å². The van der Waals surface area contributed by atoms with Crippen molar-refractivity contribution in [2.75, 3.05) is 24.5 Å². The summed E-state index contributed by atoms with van der Waals surface area (Å²) in [5, 5.41) is 20.8. The number of aliphatic hydroxyl groups is 1. The molecule has 0 aliphatic carbocycles. The zero-order valence-corrected chi connectivity index (χ0v) is 24.7. The lowest BCUT2D eigenvalue weighted by molar-refractivity contribution is -0.128. The Kier molecular flexibility index (Phi) is 7.42. The summed E-state index contributed by atoms with van der Waals surface area (Å²) in [6.07, 6.45) is 1.64. The number of hydrogen-bond acceptors (Lipinski definition) is 8. The second kappa shape index (κ2) is 11.2. The highest BCUT2D eigenvalue weighted by molar-refractivity contribution is 6.33. The summed E-state index contributed by atoms with van der Waals surface area (Å²) in [6, 6.07) is 15.6. The zero-order chi connectivity index (χ0) is 29.5. The molecule has 1 fully saturated rings. The Labute approximate surface area is 249 Å². The molecule has 6 rings (SSSR count). The van der Waals surface area contributed by atoms with E-state index in [1.165, 1.54) is 6.08 Å². The van der Waals surface area contributed by atoms with Crippen LogP contribution in [0, 0.1) is 0 Å². The van der Waals surface area contributed by atoms with Crippen LogP contribution in [0.3, 0.4) is 0 Å². The Bertz CT molecular complexity index is 1690. The van der Waals surface area contributed by atoms with E-state index in [1.807, 2.05) is 43.3 Å². The van der Waals surface area contributed by atoms with Gasteiger partial charge in [0.15, 0.2) is 5.82 Å². The van der Waals surface area contributed by atoms with Crippen LogP contribution < -0.4 is 4.90 Å². The molecule has 42 heavy (non-hydrogen) atoms. The molecule has 2 aromatic heterocycles. The van der Waals surface area contributed by atoms with E-state index < -0.39 is 6.35 Å². The number of carbonyl (C=O) groups is 1. The fourth-order valence-electron chi connectivity index (χ4n) is 5.91. The summed E-state index contributed by atoms with van der Waals surface area (Å²) in [6.45, 7) is 11.4. The summed E-state index contributed by atoms with van der Waals surface area (Å²) in [5.41, 5.74) is 5.22. The number of aliphatic hydroxyl groups excluding tert-OH is 1. The zero-order valence-electron chi connectivity index (χ0n) is 23.9. The van der Waals surface area contributed by atoms with Gasteiger partial charge >= 0.3 is 0 Å². The molecule has 0 radical (unpaired) electrons. The van der Waals surface area contributed by atoms with Gasteiger partial charge in [-0.05, 0) is 55.2 Å². The number of piperazine rings is 1. The number of para-hydroxylation sites is 2. The Balaban J connectivity index is 1.54. The lowest BCUT2D eigenvalue weighted by atomic mass is 10.0. The van der Waals surface area contributed by atoms with E-state index in [0.29, 0.717) is 47.7 Å². The van der Waals surface area contributed by atoms with Crippen LogP contribution in [-0.4, -0.2) is 78.7 Å². The number of anilines is 2. The first-order valence-corrected chi connectivity index (χ1v) is 14.6. The van der Waals surface area contributed by atoms with Crippen molar-refractivity contribution in [2.24, 2.45) is 4.99 Å². The number of fused-ring (bicyclic) bond motifs is 2. The van der Waals surface area contributed by atoms with Gasteiger partial charge < -0.3 is 14.9 Å². The van der Waals surface area contributed by atoms with E-state index >= 15 is 0 Å². The minimum atomic E-state index is -1.24. The van der Waals surface area contributed by atoms with Gasteiger partial charge in [0.1, 0.15) is 17.2 Å². The Hall–Kier alpha value is -4.28. The van der Waals surface area contributed by atoms with Crippen LogP contribution in [0.2, 0.25) is 5.02 Å². The minimum absolute atomic E-state index is 0.0696. The highest BCUT2D eigenvalue weighted by Gasteiger charge is 2.38. The van der Waals surface area contributed by atoms with Crippen LogP contribution in [0.15, 0.2) is 66.2 Å². The highest BCUT2D eigenvalue weighted by Crippen LogP contribution is 2.41. The third-order valence-corrected chi connectivity index (χ3v) is 8.30. The Morgan fingerprint density at radius 1 is 1.10 bits per heavy atom. The summed E-state index contributed by atoms with van der Waals surface area (Å²) < 4.78 is 1.63. The van der Waals surface area contributed by atoms with E-state index in [-0.39, 0.29) is 11.9 Å². The molecule has 11 heteroatoms. The number of aryl methyl sites for hydroxylation is 2. The smallest absolute Gasteiger partial charge is 0.246 e. The normalized spacial score (nSPS) is 18.7. The molecule has 2 aromatic carbocycles. The summed E-state index contributed by atoms with van der Waals surface area (Å²) in [7, 11) is 0. The molecular weight excluding hydrogens is 552 g/mol. The van der Waals surface area contributed by atoms with Crippen molar-refractivity contribution in [1.29, 1.82) is 0 Å². The number of rotatable bonds is 5. The fourth-order valence-corrected chi connectivity index (χ4v) is 6.15. The molecule has 0 saturated carbocycles. The molecule has 4 heterocycles. The fraction of sp³-hybridized carbons (Fsp3) is 0.323. The van der Waals surface area contributed by atoms with Gasteiger partial charge in [0.05, 0.1) is 21.8 Å². The molecule has 1 saturated heterocycles. The van der Waals surface area contributed by atoms with Gasteiger partial charge in [0.25, 0.3) is 0 Å². The lowest BCUT2D eigenvalue weighted by Gasteiger charge is -2.44.